The van der Waals surface area contributed by atoms with Gasteiger partial charge in [0.1, 0.15) is 9.90 Å². The third-order valence-electron chi connectivity index (χ3n) is 2.99. The van der Waals surface area contributed by atoms with Crippen LogP contribution in [0.2, 0.25) is 10.2 Å². The van der Waals surface area contributed by atoms with Crippen molar-refractivity contribution in [3.05, 3.63) is 40.0 Å². The summed E-state index contributed by atoms with van der Waals surface area (Å²) < 4.78 is 14.7. The summed E-state index contributed by atoms with van der Waals surface area (Å²) in [6.45, 7) is 6.38. The number of nitrogens with zero attached hydrogens (tertiary/aromatic N) is 1. The molecule has 0 saturated heterocycles. The Morgan fingerprint density at radius 2 is 1.95 bits per heavy atom. The zero-order valence-electron chi connectivity index (χ0n) is 12.2. The number of benzene rings is 1. The summed E-state index contributed by atoms with van der Waals surface area (Å²) in [5, 5.41) is 2.11. The van der Waals surface area contributed by atoms with Gasteiger partial charge in [-0.1, -0.05) is 23.2 Å². The fourth-order valence-corrected chi connectivity index (χ4v) is 2.98. The molecule has 0 unspecified atom stereocenters. The molecule has 0 amide bonds. The van der Waals surface area contributed by atoms with Crippen LogP contribution in [0.5, 0.6) is 0 Å². The molecule has 21 heavy (non-hydrogen) atoms. The summed E-state index contributed by atoms with van der Waals surface area (Å²) in [7, 11) is 0. The van der Waals surface area contributed by atoms with Crippen LogP contribution in [0.25, 0.3) is 10.9 Å². The molecule has 0 spiro atoms. The minimum Gasteiger partial charge on any atom is -0.598 e. The highest BCUT2D eigenvalue weighted by Crippen LogP contribution is 2.23. The van der Waals surface area contributed by atoms with Crippen molar-refractivity contribution in [2.24, 2.45) is 0 Å². The largest absolute Gasteiger partial charge is 0.598 e. The highest BCUT2D eigenvalue weighted by molar-refractivity contribution is 7.90. The van der Waals surface area contributed by atoms with E-state index in [9.17, 15) is 4.55 Å². The lowest BCUT2D eigenvalue weighted by Crippen LogP contribution is -2.40. The Hall–Kier alpha value is -0.520. The quantitative estimate of drug-likeness (QED) is 0.669. The van der Waals surface area contributed by atoms with E-state index in [2.05, 4.69) is 9.71 Å². The predicted octanol–water partition coefficient (Wildman–Crippen LogP) is 4.14. The molecule has 0 aliphatic carbocycles. The highest BCUT2D eigenvalue weighted by atomic mass is 35.5. The molecule has 1 aromatic carbocycles. The highest BCUT2D eigenvalue weighted by Gasteiger charge is 2.25. The molecule has 0 bridgehead atoms. The lowest BCUT2D eigenvalue weighted by atomic mass is 10.1. The summed E-state index contributed by atoms with van der Waals surface area (Å²) in [5.41, 5.74) is 1.74. The Balaban J connectivity index is 2.10. The number of pyridine rings is 1. The van der Waals surface area contributed by atoms with Gasteiger partial charge in [0.25, 0.3) is 0 Å². The van der Waals surface area contributed by atoms with Gasteiger partial charge in [-0.3, -0.25) is 0 Å². The zero-order valence-corrected chi connectivity index (χ0v) is 14.6. The van der Waals surface area contributed by atoms with Crippen LogP contribution in [0.3, 0.4) is 0 Å². The van der Waals surface area contributed by atoms with Gasteiger partial charge in [0.15, 0.2) is 0 Å². The van der Waals surface area contributed by atoms with E-state index in [1.165, 1.54) is 0 Å². The Morgan fingerprint density at radius 1 is 1.24 bits per heavy atom. The van der Waals surface area contributed by atoms with Crippen molar-refractivity contribution in [3.8, 4) is 0 Å². The van der Waals surface area contributed by atoms with E-state index in [0.717, 1.165) is 16.5 Å². The van der Waals surface area contributed by atoms with E-state index in [4.69, 9.17) is 23.2 Å². The van der Waals surface area contributed by atoms with Gasteiger partial charge in [0, 0.05) is 28.3 Å². The Morgan fingerprint density at radius 3 is 2.62 bits per heavy atom. The average molecular weight is 345 g/mol. The van der Waals surface area contributed by atoms with E-state index in [1.807, 2.05) is 39.0 Å². The molecule has 6 heteroatoms. The zero-order chi connectivity index (χ0) is 15.6. The van der Waals surface area contributed by atoms with Gasteiger partial charge in [-0.05, 0) is 57.0 Å². The Labute approximate surface area is 138 Å². The van der Waals surface area contributed by atoms with Gasteiger partial charge in [-0.2, -0.15) is 0 Å². The first-order chi connectivity index (χ1) is 9.77. The van der Waals surface area contributed by atoms with Gasteiger partial charge in [0.05, 0.1) is 5.52 Å². The topological polar surface area (TPSA) is 48.0 Å². The van der Waals surface area contributed by atoms with Crippen molar-refractivity contribution < 1.29 is 4.55 Å². The molecule has 0 radical (unpaired) electrons. The van der Waals surface area contributed by atoms with E-state index in [0.29, 0.717) is 23.1 Å². The van der Waals surface area contributed by atoms with E-state index >= 15 is 0 Å². The van der Waals surface area contributed by atoms with Crippen LogP contribution in [0, 0.1) is 0 Å². The molecule has 2 rings (SSSR count). The molecule has 0 saturated carbocycles. The van der Waals surface area contributed by atoms with Gasteiger partial charge in [-0.25, -0.2) is 4.98 Å². The van der Waals surface area contributed by atoms with Crippen LogP contribution in [0.15, 0.2) is 24.3 Å². The molecule has 3 nitrogen and oxygen atoms in total. The predicted molar refractivity (Wildman–Crippen MR) is 91.4 cm³/mol. The molecule has 1 aromatic heterocycles. The summed E-state index contributed by atoms with van der Waals surface area (Å²) in [4.78, 5) is 4.37. The number of aromatic nitrogens is 1. The summed E-state index contributed by atoms with van der Waals surface area (Å²) in [5.74, 6) is 0. The molecule has 1 heterocycles. The maximum atomic E-state index is 11.9. The second-order valence-electron chi connectivity index (χ2n) is 5.80. The Bertz CT molecular complexity index is 643. The second-order valence-corrected chi connectivity index (χ2v) is 8.65. The van der Waals surface area contributed by atoms with E-state index in [1.54, 1.807) is 6.07 Å². The third kappa shape index (κ3) is 4.47. The smallest absolute Gasteiger partial charge is 0.136 e. The summed E-state index contributed by atoms with van der Waals surface area (Å²) in [6, 6.07) is 7.49. The number of nitrogens with one attached hydrogen (secondary N) is 1. The van der Waals surface area contributed by atoms with Crippen molar-refractivity contribution in [2.75, 3.05) is 6.54 Å². The number of fused-ring (bicyclic) bond motifs is 1. The first-order valence-corrected chi connectivity index (χ1v) is 8.58. The molecule has 0 aliphatic heterocycles. The van der Waals surface area contributed by atoms with Crippen LogP contribution in [-0.2, 0) is 17.8 Å². The van der Waals surface area contributed by atoms with Crippen molar-refractivity contribution in [1.29, 1.82) is 0 Å². The third-order valence-corrected chi connectivity index (χ3v) is 5.13. The van der Waals surface area contributed by atoms with Gasteiger partial charge >= 0.3 is 0 Å². The lowest BCUT2D eigenvalue weighted by molar-refractivity contribution is 0.544. The van der Waals surface area contributed by atoms with Crippen LogP contribution in [0.4, 0.5) is 0 Å². The molecular formula is C15H18Cl2N2OS. The molecule has 2 aromatic rings. The SMILES string of the molecule is CC(C)(C)[S@+]([O-])NCCc1cc2cc(Cl)ccc2nc1Cl. The first kappa shape index (κ1) is 16.8. The van der Waals surface area contributed by atoms with Gasteiger partial charge < -0.3 is 4.55 Å². The summed E-state index contributed by atoms with van der Waals surface area (Å²) >= 11 is 11.1. The first-order valence-electron chi connectivity index (χ1n) is 6.67. The van der Waals surface area contributed by atoms with E-state index < -0.39 is 11.4 Å². The number of hydrogen-bond donors (Lipinski definition) is 1. The van der Waals surface area contributed by atoms with Gasteiger partial charge in [0.2, 0.25) is 0 Å². The minimum atomic E-state index is -1.08. The molecular weight excluding hydrogens is 327 g/mol. The van der Waals surface area contributed by atoms with Crippen molar-refractivity contribution in [3.63, 3.8) is 0 Å². The second kappa shape index (κ2) is 6.71. The van der Waals surface area contributed by atoms with Crippen LogP contribution in [-0.4, -0.2) is 20.8 Å². The number of halogens is 2. The van der Waals surface area contributed by atoms with Crippen molar-refractivity contribution in [2.45, 2.75) is 31.9 Å². The lowest BCUT2D eigenvalue weighted by Gasteiger charge is -2.23. The van der Waals surface area contributed by atoms with Crippen LogP contribution < -0.4 is 4.72 Å². The average Bonchev–Trinajstić information content (AvgIpc) is 2.38. The fraction of sp³-hybridized carbons (Fsp3) is 0.400. The number of rotatable bonds is 4. The molecule has 0 aliphatic rings. The summed E-state index contributed by atoms with van der Waals surface area (Å²) in [6.07, 6.45) is 0.663. The Kier molecular flexibility index (Phi) is 5.38. The van der Waals surface area contributed by atoms with Gasteiger partial charge in [-0.15, -0.1) is 4.72 Å². The monoisotopic (exact) mass is 344 g/mol. The van der Waals surface area contributed by atoms with Crippen molar-refractivity contribution >= 4 is 45.5 Å². The van der Waals surface area contributed by atoms with Crippen LogP contribution in [0.1, 0.15) is 26.3 Å². The maximum absolute atomic E-state index is 11.9. The normalized spacial score (nSPS) is 13.6. The maximum Gasteiger partial charge on any atom is 0.136 e. The molecule has 1 N–H and O–H groups in total. The van der Waals surface area contributed by atoms with Crippen LogP contribution >= 0.6 is 23.2 Å². The van der Waals surface area contributed by atoms with E-state index in [-0.39, 0.29) is 4.75 Å². The molecule has 0 fully saturated rings. The fourth-order valence-electron chi connectivity index (χ4n) is 1.84. The molecule has 114 valence electrons. The molecule has 1 atom stereocenters. The minimum absolute atomic E-state index is 0.279. The number of hydrogen-bond acceptors (Lipinski definition) is 3. The standard InChI is InChI=1S/C15H18Cl2N2OS/c1-15(2,3)21(20)18-7-6-10-8-11-9-12(16)4-5-13(11)19-14(10)17/h4-5,8-9,18H,6-7H2,1-3H3/t21-/m0/s1. The van der Waals surface area contributed by atoms with Crippen molar-refractivity contribution in [1.82, 2.24) is 9.71 Å².